The van der Waals surface area contributed by atoms with Gasteiger partial charge in [-0.05, 0) is 24.0 Å². The maximum absolute atomic E-state index is 12.0. The van der Waals surface area contributed by atoms with E-state index in [0.29, 0.717) is 0 Å². The number of hydrogen-bond acceptors (Lipinski definition) is 2. The predicted octanol–water partition coefficient (Wildman–Crippen LogP) is 3.83. The van der Waals surface area contributed by atoms with Crippen LogP contribution in [-0.4, -0.2) is 25.6 Å². The third-order valence-electron chi connectivity index (χ3n) is 2.91. The average Bonchev–Trinajstić information content (AvgIpc) is 2.43. The molecule has 0 aliphatic carbocycles. The number of hydrogen-bond donors (Lipinski definition) is 0. The van der Waals surface area contributed by atoms with E-state index in [1.165, 1.54) is 0 Å². The van der Waals surface area contributed by atoms with Crippen molar-refractivity contribution in [2.75, 3.05) is 24.6 Å². The second-order valence-corrected chi connectivity index (χ2v) is 4.27. The number of anilines is 1. The number of methoxy groups -OCH3 is 1. The molecule has 0 heterocycles. The van der Waals surface area contributed by atoms with Crippen LogP contribution >= 0.6 is 36.4 Å². The summed E-state index contributed by atoms with van der Waals surface area (Å²) in [6, 6.07) is 6.11. The topological polar surface area (TPSA) is 29.5 Å². The summed E-state index contributed by atoms with van der Waals surface area (Å²) in [6.45, 7) is 4.39. The normalized spacial score (nSPS) is 9.40. The number of para-hydroxylation sites is 1. The molecule has 0 unspecified atom stereocenters. The fraction of sp³-hybridized carbons (Fsp3) is 0.500. The fourth-order valence-corrected chi connectivity index (χ4v) is 2.17. The molecular weight excluding hydrogens is 321 g/mol. The molecule has 0 fully saturated rings. The summed E-state index contributed by atoms with van der Waals surface area (Å²) in [7, 11) is 1.58. The van der Waals surface area contributed by atoms with Gasteiger partial charge in [-0.3, -0.25) is 9.69 Å². The van der Waals surface area contributed by atoms with Gasteiger partial charge in [0, 0.05) is 7.11 Å². The second kappa shape index (κ2) is 11.2. The number of rotatable bonds is 6. The highest BCUT2D eigenvalue weighted by atomic mass is 35.5. The summed E-state index contributed by atoms with van der Waals surface area (Å²) in [5, 5.41) is 0. The summed E-state index contributed by atoms with van der Waals surface area (Å²) in [5.74, 6) is -0.168. The number of carbonyl (C=O) groups is 1. The zero-order chi connectivity index (χ0) is 13.5. The first-order valence-corrected chi connectivity index (χ1v) is 6.69. The van der Waals surface area contributed by atoms with Crippen LogP contribution in [0.15, 0.2) is 18.2 Å². The summed E-state index contributed by atoms with van der Waals surface area (Å²) in [5.41, 5.74) is 3.24. The molecule has 0 radical (unpaired) electrons. The van der Waals surface area contributed by atoms with Crippen molar-refractivity contribution in [1.82, 2.24) is 0 Å². The lowest BCUT2D eigenvalue weighted by molar-refractivity contribution is -0.117. The summed E-state index contributed by atoms with van der Waals surface area (Å²) in [6.07, 6.45) is 1.75. The number of carbonyl (C=O) groups excluding carboxylic acids is 1. The lowest BCUT2D eigenvalue weighted by atomic mass is 10.0. The Morgan fingerprint density at radius 3 is 2.05 bits per heavy atom. The third kappa shape index (κ3) is 5.13. The van der Waals surface area contributed by atoms with Gasteiger partial charge < -0.3 is 4.74 Å². The Morgan fingerprint density at radius 2 is 1.70 bits per heavy atom. The van der Waals surface area contributed by atoms with Crippen LogP contribution in [0.5, 0.6) is 0 Å². The van der Waals surface area contributed by atoms with E-state index in [0.717, 1.165) is 29.7 Å². The van der Waals surface area contributed by atoms with Crippen molar-refractivity contribution < 1.29 is 9.53 Å². The van der Waals surface area contributed by atoms with Gasteiger partial charge in [-0.15, -0.1) is 36.4 Å². The van der Waals surface area contributed by atoms with E-state index in [2.05, 4.69) is 13.8 Å². The number of aryl methyl sites for hydroxylation is 2. The predicted molar refractivity (Wildman–Crippen MR) is 89.8 cm³/mol. The Labute approximate surface area is 138 Å². The van der Waals surface area contributed by atoms with Crippen LogP contribution < -0.4 is 4.90 Å². The molecule has 3 nitrogen and oxygen atoms in total. The van der Waals surface area contributed by atoms with Crippen LogP contribution in [0.4, 0.5) is 5.69 Å². The van der Waals surface area contributed by atoms with Gasteiger partial charge >= 0.3 is 0 Å². The van der Waals surface area contributed by atoms with Crippen molar-refractivity contribution in [3.8, 4) is 0 Å². The van der Waals surface area contributed by atoms with Gasteiger partial charge in [-0.2, -0.15) is 0 Å². The average molecular weight is 343 g/mol. The summed E-state index contributed by atoms with van der Waals surface area (Å²) >= 11 is 5.68. The highest BCUT2D eigenvalue weighted by molar-refractivity contribution is 6.29. The first kappa shape index (κ1) is 21.8. The first-order valence-electron chi connectivity index (χ1n) is 6.15. The van der Waals surface area contributed by atoms with Gasteiger partial charge in [0.05, 0.1) is 5.69 Å². The molecule has 1 aromatic rings. The molecule has 0 aromatic heterocycles. The molecule has 1 rings (SSSR count). The minimum absolute atomic E-state index is 0. The lowest BCUT2D eigenvalue weighted by Crippen LogP contribution is -2.35. The van der Waals surface area contributed by atoms with Gasteiger partial charge in [0.15, 0.2) is 0 Å². The molecule has 0 aliphatic rings. The molecule has 0 bridgehead atoms. The number of alkyl halides is 1. The summed E-state index contributed by atoms with van der Waals surface area (Å²) in [4.78, 5) is 13.6. The van der Waals surface area contributed by atoms with E-state index in [9.17, 15) is 4.79 Å². The Bertz CT molecular complexity index is 391. The molecule has 6 heteroatoms. The highest BCUT2D eigenvalue weighted by Gasteiger charge is 2.19. The van der Waals surface area contributed by atoms with Crippen LogP contribution in [0.2, 0.25) is 0 Å². The Kier molecular flexibility index (Phi) is 12.2. The van der Waals surface area contributed by atoms with Gasteiger partial charge in [-0.25, -0.2) is 0 Å². The molecule has 0 aliphatic heterocycles. The van der Waals surface area contributed by atoms with Crippen LogP contribution in [0.25, 0.3) is 0 Å². The maximum atomic E-state index is 12.0. The van der Waals surface area contributed by atoms with Gasteiger partial charge in [0.25, 0.3) is 0 Å². The minimum atomic E-state index is -0.130. The number of halogens is 3. The Hall–Kier alpha value is -0.480. The number of amides is 1. The maximum Gasteiger partial charge on any atom is 0.243 e. The summed E-state index contributed by atoms with van der Waals surface area (Å²) < 4.78 is 5.13. The quantitative estimate of drug-likeness (QED) is 0.581. The van der Waals surface area contributed by atoms with Crippen LogP contribution in [-0.2, 0) is 22.4 Å². The SMILES string of the molecule is CCc1cccc(CC)c1N(COC)C(=O)CCl.Cl.Cl. The fourth-order valence-electron chi connectivity index (χ4n) is 2.02. The number of ether oxygens (including phenoxy) is 1. The van der Waals surface area contributed by atoms with E-state index >= 15 is 0 Å². The molecule has 0 spiro atoms. The van der Waals surface area contributed by atoms with E-state index in [-0.39, 0.29) is 43.3 Å². The van der Waals surface area contributed by atoms with Crippen molar-refractivity contribution in [3.05, 3.63) is 29.3 Å². The standard InChI is InChI=1S/C14H20ClNO2.2ClH/c1-4-11-7-6-8-12(5-2)14(11)16(10-18-3)13(17)9-15;;/h6-8H,4-5,9-10H2,1-3H3;2*1H. The van der Waals surface area contributed by atoms with E-state index in [1.807, 2.05) is 18.2 Å². The molecular formula is C14H22Cl3NO2. The molecule has 1 aromatic carbocycles. The third-order valence-corrected chi connectivity index (χ3v) is 3.14. The lowest BCUT2D eigenvalue weighted by Gasteiger charge is -2.26. The Morgan fingerprint density at radius 1 is 1.20 bits per heavy atom. The first-order chi connectivity index (χ1) is 8.69. The molecule has 0 saturated heterocycles. The van der Waals surface area contributed by atoms with E-state index in [4.69, 9.17) is 16.3 Å². The van der Waals surface area contributed by atoms with Crippen molar-refractivity contribution in [2.45, 2.75) is 26.7 Å². The molecule has 0 atom stereocenters. The molecule has 116 valence electrons. The minimum Gasteiger partial charge on any atom is -0.364 e. The van der Waals surface area contributed by atoms with Crippen molar-refractivity contribution >= 4 is 48.0 Å². The molecule has 1 amide bonds. The van der Waals surface area contributed by atoms with Crippen LogP contribution in [0.3, 0.4) is 0 Å². The van der Waals surface area contributed by atoms with Crippen molar-refractivity contribution in [1.29, 1.82) is 0 Å². The van der Waals surface area contributed by atoms with Gasteiger partial charge in [0.2, 0.25) is 5.91 Å². The van der Waals surface area contributed by atoms with Crippen LogP contribution in [0.1, 0.15) is 25.0 Å². The number of nitrogens with zero attached hydrogens (tertiary/aromatic N) is 1. The molecule has 0 N–H and O–H groups in total. The zero-order valence-corrected chi connectivity index (χ0v) is 14.4. The smallest absolute Gasteiger partial charge is 0.243 e. The number of benzene rings is 1. The van der Waals surface area contributed by atoms with Gasteiger partial charge in [0.1, 0.15) is 12.6 Å². The van der Waals surface area contributed by atoms with E-state index < -0.39 is 0 Å². The van der Waals surface area contributed by atoms with Crippen LogP contribution in [0, 0.1) is 0 Å². The van der Waals surface area contributed by atoms with Crippen molar-refractivity contribution in [2.24, 2.45) is 0 Å². The highest BCUT2D eigenvalue weighted by Crippen LogP contribution is 2.27. The second-order valence-electron chi connectivity index (χ2n) is 4.01. The van der Waals surface area contributed by atoms with Gasteiger partial charge in [-0.1, -0.05) is 32.0 Å². The van der Waals surface area contributed by atoms with E-state index in [1.54, 1.807) is 12.0 Å². The monoisotopic (exact) mass is 341 g/mol. The molecule has 0 saturated carbocycles. The zero-order valence-electron chi connectivity index (χ0n) is 12.0. The Balaban J connectivity index is 0. The van der Waals surface area contributed by atoms with Crippen molar-refractivity contribution in [3.63, 3.8) is 0 Å². The largest absolute Gasteiger partial charge is 0.364 e. The molecule has 20 heavy (non-hydrogen) atoms.